The van der Waals surface area contributed by atoms with Gasteiger partial charge in [0.15, 0.2) is 5.96 Å². The zero-order valence-electron chi connectivity index (χ0n) is 11.3. The molecule has 1 aliphatic heterocycles. The molecule has 1 aromatic rings. The van der Waals surface area contributed by atoms with Crippen LogP contribution in [0.2, 0.25) is 0 Å². The van der Waals surface area contributed by atoms with Gasteiger partial charge in [0, 0.05) is 19.7 Å². The van der Waals surface area contributed by atoms with Crippen molar-refractivity contribution in [3.05, 3.63) is 23.9 Å². The van der Waals surface area contributed by atoms with Crippen LogP contribution in [0.25, 0.3) is 0 Å². The smallest absolute Gasteiger partial charge is 0.306 e. The minimum absolute atomic E-state index is 0. The van der Waals surface area contributed by atoms with Crippen molar-refractivity contribution < 1.29 is 13.5 Å². The number of aliphatic imine (C=N–C) groups is 1. The Kier molecular flexibility index (Phi) is 5.90. The molecule has 2 heterocycles. The van der Waals surface area contributed by atoms with Crippen LogP contribution in [-0.4, -0.2) is 49.6 Å². The number of aromatic nitrogens is 1. The van der Waals surface area contributed by atoms with E-state index in [0.717, 1.165) is 6.54 Å². The summed E-state index contributed by atoms with van der Waals surface area (Å²) in [5.74, 6) is -2.42. The van der Waals surface area contributed by atoms with Crippen LogP contribution in [-0.2, 0) is 5.92 Å². The molecule has 0 saturated heterocycles. The molecule has 2 rings (SSSR count). The SMILES string of the molecule is COc1cccc(C(F)(F)CNC2=NCCN2C)n1.I. The molecule has 0 bridgehead atoms. The second kappa shape index (κ2) is 7.00. The minimum atomic E-state index is -3.08. The molecule has 1 N–H and O–H groups in total. The molecule has 0 amide bonds. The lowest BCUT2D eigenvalue weighted by atomic mass is 10.2. The number of guanidine groups is 1. The number of alkyl halides is 2. The molecule has 1 aromatic heterocycles. The molecule has 0 atom stereocenters. The first kappa shape index (κ1) is 16.9. The molecule has 0 radical (unpaired) electrons. The molecular formula is C12H17F2IN4O. The fourth-order valence-corrected chi connectivity index (χ4v) is 1.74. The van der Waals surface area contributed by atoms with Crippen molar-refractivity contribution in [2.24, 2.45) is 4.99 Å². The lowest BCUT2D eigenvalue weighted by Crippen LogP contribution is -2.41. The van der Waals surface area contributed by atoms with Crippen molar-refractivity contribution in [1.82, 2.24) is 15.2 Å². The number of hydrogen-bond acceptors (Lipinski definition) is 5. The van der Waals surface area contributed by atoms with E-state index in [1.165, 1.54) is 25.3 Å². The van der Waals surface area contributed by atoms with Crippen molar-refractivity contribution in [2.75, 3.05) is 33.8 Å². The Hall–Kier alpha value is -1.19. The minimum Gasteiger partial charge on any atom is -0.481 e. The summed E-state index contributed by atoms with van der Waals surface area (Å²) in [5, 5.41) is 2.65. The molecule has 0 fully saturated rings. The summed E-state index contributed by atoms with van der Waals surface area (Å²) < 4.78 is 32.8. The van der Waals surface area contributed by atoms with Gasteiger partial charge < -0.3 is 15.0 Å². The molecule has 0 aliphatic carbocycles. The zero-order valence-corrected chi connectivity index (χ0v) is 13.6. The van der Waals surface area contributed by atoms with Crippen molar-refractivity contribution in [2.45, 2.75) is 5.92 Å². The molecule has 8 heteroatoms. The monoisotopic (exact) mass is 398 g/mol. The first-order valence-electron chi connectivity index (χ1n) is 5.92. The predicted molar refractivity (Wildman–Crippen MR) is 83.0 cm³/mol. The highest BCUT2D eigenvalue weighted by molar-refractivity contribution is 14.0. The maximum absolute atomic E-state index is 14.0. The number of nitrogens with one attached hydrogen (secondary N) is 1. The maximum atomic E-state index is 14.0. The Morgan fingerprint density at radius 2 is 2.20 bits per heavy atom. The van der Waals surface area contributed by atoms with Gasteiger partial charge in [-0.05, 0) is 6.07 Å². The van der Waals surface area contributed by atoms with E-state index in [0.29, 0.717) is 12.5 Å². The zero-order chi connectivity index (χ0) is 13.9. The Morgan fingerprint density at radius 1 is 1.45 bits per heavy atom. The Bertz CT molecular complexity index is 484. The van der Waals surface area contributed by atoms with Crippen LogP contribution < -0.4 is 10.1 Å². The fourth-order valence-electron chi connectivity index (χ4n) is 1.74. The van der Waals surface area contributed by atoms with Gasteiger partial charge in [-0.25, -0.2) is 4.98 Å². The molecule has 1 aliphatic rings. The fraction of sp³-hybridized carbons (Fsp3) is 0.500. The summed E-state index contributed by atoms with van der Waals surface area (Å²) in [6.07, 6.45) is 0. The van der Waals surface area contributed by atoms with Gasteiger partial charge in [-0.1, -0.05) is 6.07 Å². The number of methoxy groups -OCH3 is 1. The quantitative estimate of drug-likeness (QED) is 0.785. The third-order valence-corrected chi connectivity index (χ3v) is 2.83. The predicted octanol–water partition coefficient (Wildman–Crippen LogP) is 1.69. The van der Waals surface area contributed by atoms with Crippen LogP contribution in [0.15, 0.2) is 23.2 Å². The van der Waals surface area contributed by atoms with E-state index in [9.17, 15) is 8.78 Å². The van der Waals surface area contributed by atoms with Crippen LogP contribution in [0, 0.1) is 0 Å². The van der Waals surface area contributed by atoms with Gasteiger partial charge in [0.2, 0.25) is 5.88 Å². The molecule has 0 aromatic carbocycles. The lowest BCUT2D eigenvalue weighted by Gasteiger charge is -2.20. The molecule has 5 nitrogen and oxygen atoms in total. The molecule has 0 spiro atoms. The third-order valence-electron chi connectivity index (χ3n) is 2.83. The summed E-state index contributed by atoms with van der Waals surface area (Å²) in [6, 6.07) is 4.31. The van der Waals surface area contributed by atoms with Crippen LogP contribution in [0.3, 0.4) is 0 Å². The number of hydrogen-bond donors (Lipinski definition) is 1. The lowest BCUT2D eigenvalue weighted by molar-refractivity contribution is -0.00418. The van der Waals surface area contributed by atoms with E-state index < -0.39 is 12.5 Å². The standard InChI is InChI=1S/C12H16F2N4O.HI/c1-18-7-6-15-11(18)16-8-12(13,14)9-4-3-5-10(17-9)19-2;/h3-5H,6-8H2,1-2H3,(H,15,16);1H. The van der Waals surface area contributed by atoms with Crippen molar-refractivity contribution in [3.63, 3.8) is 0 Å². The largest absolute Gasteiger partial charge is 0.481 e. The summed E-state index contributed by atoms with van der Waals surface area (Å²) >= 11 is 0. The molecule has 0 unspecified atom stereocenters. The topological polar surface area (TPSA) is 49.8 Å². The van der Waals surface area contributed by atoms with Crippen molar-refractivity contribution >= 4 is 29.9 Å². The summed E-state index contributed by atoms with van der Waals surface area (Å²) in [5.41, 5.74) is -0.319. The number of rotatable bonds is 4. The van der Waals surface area contributed by atoms with E-state index in [1.807, 2.05) is 0 Å². The van der Waals surface area contributed by atoms with Gasteiger partial charge >= 0.3 is 5.92 Å². The molecule has 20 heavy (non-hydrogen) atoms. The first-order valence-corrected chi connectivity index (χ1v) is 5.92. The van der Waals surface area contributed by atoms with Gasteiger partial charge in [-0.2, -0.15) is 8.78 Å². The second-order valence-electron chi connectivity index (χ2n) is 4.25. The van der Waals surface area contributed by atoms with E-state index >= 15 is 0 Å². The first-order chi connectivity index (χ1) is 9.03. The highest BCUT2D eigenvalue weighted by Gasteiger charge is 2.34. The summed E-state index contributed by atoms with van der Waals surface area (Å²) in [4.78, 5) is 9.66. The normalized spacial score (nSPS) is 14.6. The molecular weight excluding hydrogens is 381 g/mol. The van der Waals surface area contributed by atoms with Gasteiger partial charge in [0.05, 0.1) is 20.2 Å². The average Bonchev–Trinajstić information content (AvgIpc) is 2.82. The maximum Gasteiger partial charge on any atom is 0.306 e. The van der Waals surface area contributed by atoms with Crippen LogP contribution in [0.1, 0.15) is 5.69 Å². The van der Waals surface area contributed by atoms with E-state index in [1.54, 1.807) is 11.9 Å². The van der Waals surface area contributed by atoms with Crippen molar-refractivity contribution in [1.29, 1.82) is 0 Å². The average molecular weight is 398 g/mol. The van der Waals surface area contributed by atoms with Crippen LogP contribution in [0.5, 0.6) is 5.88 Å². The number of nitrogens with zero attached hydrogens (tertiary/aromatic N) is 3. The number of ether oxygens (including phenoxy) is 1. The van der Waals surface area contributed by atoms with E-state index in [2.05, 4.69) is 15.3 Å². The van der Waals surface area contributed by atoms with Gasteiger partial charge in [0.25, 0.3) is 0 Å². The van der Waals surface area contributed by atoms with Gasteiger partial charge in [-0.15, -0.1) is 24.0 Å². The van der Waals surface area contributed by atoms with Crippen LogP contribution >= 0.6 is 24.0 Å². The highest BCUT2D eigenvalue weighted by Crippen LogP contribution is 2.26. The number of halogens is 3. The van der Waals surface area contributed by atoms with E-state index in [4.69, 9.17) is 4.74 Å². The van der Waals surface area contributed by atoms with Crippen molar-refractivity contribution in [3.8, 4) is 5.88 Å². The molecule has 0 saturated carbocycles. The Balaban J connectivity index is 0.00000200. The Labute approximate surface area is 133 Å². The summed E-state index contributed by atoms with van der Waals surface area (Å²) in [7, 11) is 3.20. The third kappa shape index (κ3) is 3.90. The van der Waals surface area contributed by atoms with E-state index in [-0.39, 0.29) is 35.6 Å². The van der Waals surface area contributed by atoms with Gasteiger partial charge in [0.1, 0.15) is 5.69 Å². The van der Waals surface area contributed by atoms with Gasteiger partial charge in [-0.3, -0.25) is 4.99 Å². The summed E-state index contributed by atoms with van der Waals surface area (Å²) in [6.45, 7) is 0.823. The molecule has 112 valence electrons. The second-order valence-corrected chi connectivity index (χ2v) is 4.25. The van der Waals surface area contributed by atoms with Crippen LogP contribution in [0.4, 0.5) is 8.78 Å². The number of pyridine rings is 1. The Morgan fingerprint density at radius 3 is 2.80 bits per heavy atom. The number of likely N-dealkylation sites (N-methyl/N-ethyl adjacent to an activating group) is 1. The highest BCUT2D eigenvalue weighted by atomic mass is 127.